The number of carboxylic acids is 1. The molecule has 0 radical (unpaired) electrons. The lowest BCUT2D eigenvalue weighted by molar-refractivity contribution is -0.147. The van der Waals surface area contributed by atoms with Gasteiger partial charge in [0.05, 0.1) is 5.92 Å². The maximum absolute atomic E-state index is 10.5. The molecule has 0 aromatic rings. The zero-order chi connectivity index (χ0) is 7.84. The summed E-state index contributed by atoms with van der Waals surface area (Å²) in [6, 6.07) is 0. The topological polar surface area (TPSA) is 37.3 Å². The molecule has 0 aromatic carbocycles. The van der Waals surface area contributed by atoms with E-state index in [0.29, 0.717) is 0 Å². The summed E-state index contributed by atoms with van der Waals surface area (Å²) in [6.07, 6.45) is 6.01. The molecule has 11 heavy (non-hydrogen) atoms. The summed E-state index contributed by atoms with van der Waals surface area (Å²) < 4.78 is 0. The van der Waals surface area contributed by atoms with Crippen LogP contribution >= 0.6 is 0 Å². The maximum atomic E-state index is 10.5. The van der Waals surface area contributed by atoms with E-state index in [0.717, 1.165) is 24.7 Å². The monoisotopic (exact) mass is 154 g/mol. The molecule has 1 N–H and O–H groups in total. The number of carbonyl (C=O) groups is 1. The summed E-state index contributed by atoms with van der Waals surface area (Å²) in [6.45, 7) is 0. The number of rotatable bonds is 2. The van der Waals surface area contributed by atoms with Crippen LogP contribution in [-0.4, -0.2) is 11.1 Å². The van der Waals surface area contributed by atoms with E-state index < -0.39 is 5.97 Å². The molecule has 0 bridgehead atoms. The lowest BCUT2D eigenvalue weighted by Gasteiger charge is -2.42. The molecule has 0 saturated heterocycles. The van der Waals surface area contributed by atoms with Crippen molar-refractivity contribution in [1.29, 1.82) is 0 Å². The molecule has 0 atom stereocenters. The largest absolute Gasteiger partial charge is 0.481 e. The summed E-state index contributed by atoms with van der Waals surface area (Å²) in [5, 5.41) is 8.62. The molecular weight excluding hydrogens is 140 g/mol. The zero-order valence-corrected chi connectivity index (χ0v) is 6.62. The molecule has 0 heterocycles. The van der Waals surface area contributed by atoms with Crippen molar-refractivity contribution >= 4 is 5.97 Å². The Bertz CT molecular complexity index is 166. The zero-order valence-electron chi connectivity index (χ0n) is 6.62. The minimum atomic E-state index is -0.583. The number of carboxylic acid groups (broad SMARTS) is 1. The first-order chi connectivity index (χ1) is 5.27. The predicted molar refractivity (Wildman–Crippen MR) is 41.2 cm³/mol. The van der Waals surface area contributed by atoms with Gasteiger partial charge in [0.1, 0.15) is 0 Å². The average molecular weight is 154 g/mol. The standard InChI is InChI=1S/C9H14O2/c10-9(11)8-4-7(5-8)6-2-1-3-6/h6-8H,1-5H2,(H,10,11). The van der Waals surface area contributed by atoms with E-state index >= 15 is 0 Å². The second-order valence-electron chi connectivity index (χ2n) is 3.96. The second kappa shape index (κ2) is 2.50. The molecule has 2 aliphatic carbocycles. The fourth-order valence-electron chi connectivity index (χ4n) is 2.16. The van der Waals surface area contributed by atoms with Crippen LogP contribution in [-0.2, 0) is 4.79 Å². The predicted octanol–water partition coefficient (Wildman–Crippen LogP) is 1.90. The van der Waals surface area contributed by atoms with Gasteiger partial charge in [0.2, 0.25) is 0 Å². The highest BCUT2D eigenvalue weighted by atomic mass is 16.4. The van der Waals surface area contributed by atoms with E-state index in [1.165, 1.54) is 19.3 Å². The third-order valence-corrected chi connectivity index (χ3v) is 3.34. The molecule has 2 nitrogen and oxygen atoms in total. The molecule has 2 aliphatic rings. The average Bonchev–Trinajstić information content (AvgIpc) is 1.70. The molecular formula is C9H14O2. The van der Waals surface area contributed by atoms with E-state index in [1.807, 2.05) is 0 Å². The quantitative estimate of drug-likeness (QED) is 0.659. The lowest BCUT2D eigenvalue weighted by atomic mass is 9.62. The Morgan fingerprint density at radius 3 is 2.18 bits per heavy atom. The van der Waals surface area contributed by atoms with Crippen molar-refractivity contribution < 1.29 is 9.90 Å². The van der Waals surface area contributed by atoms with E-state index in [2.05, 4.69) is 0 Å². The minimum Gasteiger partial charge on any atom is -0.481 e. The summed E-state index contributed by atoms with van der Waals surface area (Å²) >= 11 is 0. The van der Waals surface area contributed by atoms with Crippen LogP contribution in [0.5, 0.6) is 0 Å². The molecule has 2 heteroatoms. The molecule has 2 saturated carbocycles. The van der Waals surface area contributed by atoms with Gasteiger partial charge in [-0.15, -0.1) is 0 Å². The van der Waals surface area contributed by atoms with Gasteiger partial charge in [0, 0.05) is 0 Å². The minimum absolute atomic E-state index is 0.000556. The number of hydrogen-bond acceptors (Lipinski definition) is 1. The maximum Gasteiger partial charge on any atom is 0.306 e. The highest BCUT2D eigenvalue weighted by Gasteiger charge is 2.40. The van der Waals surface area contributed by atoms with Crippen LogP contribution in [0.15, 0.2) is 0 Å². The summed E-state index contributed by atoms with van der Waals surface area (Å²) in [5.41, 5.74) is 0. The van der Waals surface area contributed by atoms with Gasteiger partial charge < -0.3 is 5.11 Å². The van der Waals surface area contributed by atoms with Gasteiger partial charge in [-0.2, -0.15) is 0 Å². The van der Waals surface area contributed by atoms with Gasteiger partial charge in [0.25, 0.3) is 0 Å². The van der Waals surface area contributed by atoms with Gasteiger partial charge in [-0.1, -0.05) is 19.3 Å². The van der Waals surface area contributed by atoms with Crippen molar-refractivity contribution in [3.05, 3.63) is 0 Å². The van der Waals surface area contributed by atoms with Crippen LogP contribution in [0.3, 0.4) is 0 Å². The van der Waals surface area contributed by atoms with Crippen LogP contribution in [0.25, 0.3) is 0 Å². The summed E-state index contributed by atoms with van der Waals surface area (Å²) in [7, 11) is 0. The van der Waals surface area contributed by atoms with Crippen molar-refractivity contribution in [2.75, 3.05) is 0 Å². The molecule has 0 aromatic heterocycles. The molecule has 0 unspecified atom stereocenters. The molecule has 0 aliphatic heterocycles. The summed E-state index contributed by atoms with van der Waals surface area (Å²) in [5.74, 6) is 1.08. The van der Waals surface area contributed by atoms with Gasteiger partial charge in [0.15, 0.2) is 0 Å². The van der Waals surface area contributed by atoms with Crippen LogP contribution < -0.4 is 0 Å². The van der Waals surface area contributed by atoms with Gasteiger partial charge in [-0.25, -0.2) is 0 Å². The van der Waals surface area contributed by atoms with Crippen LogP contribution in [0.1, 0.15) is 32.1 Å². The normalized spacial score (nSPS) is 37.5. The molecule has 0 amide bonds. The third-order valence-electron chi connectivity index (χ3n) is 3.34. The number of aliphatic carboxylic acids is 1. The lowest BCUT2D eigenvalue weighted by Crippen LogP contribution is -2.37. The first-order valence-electron chi connectivity index (χ1n) is 4.50. The third kappa shape index (κ3) is 1.15. The van der Waals surface area contributed by atoms with E-state index in [-0.39, 0.29) is 5.92 Å². The molecule has 62 valence electrons. The Hall–Kier alpha value is -0.530. The van der Waals surface area contributed by atoms with Crippen molar-refractivity contribution in [1.82, 2.24) is 0 Å². The smallest absolute Gasteiger partial charge is 0.306 e. The Morgan fingerprint density at radius 2 is 1.82 bits per heavy atom. The van der Waals surface area contributed by atoms with Crippen molar-refractivity contribution in [3.63, 3.8) is 0 Å². The van der Waals surface area contributed by atoms with Crippen LogP contribution in [0.2, 0.25) is 0 Å². The first kappa shape index (κ1) is 7.14. The van der Waals surface area contributed by atoms with Gasteiger partial charge in [-0.3, -0.25) is 4.79 Å². The number of hydrogen-bond donors (Lipinski definition) is 1. The van der Waals surface area contributed by atoms with E-state index in [1.54, 1.807) is 0 Å². The van der Waals surface area contributed by atoms with Crippen LogP contribution in [0, 0.1) is 17.8 Å². The SMILES string of the molecule is O=C(O)C1CC(C2CCC2)C1. The van der Waals surface area contributed by atoms with Crippen LogP contribution in [0.4, 0.5) is 0 Å². The van der Waals surface area contributed by atoms with Crippen molar-refractivity contribution in [2.24, 2.45) is 17.8 Å². The van der Waals surface area contributed by atoms with Crippen molar-refractivity contribution in [3.8, 4) is 0 Å². The van der Waals surface area contributed by atoms with Gasteiger partial charge in [-0.05, 0) is 24.7 Å². The highest BCUT2D eigenvalue weighted by molar-refractivity contribution is 5.71. The Balaban J connectivity index is 1.74. The van der Waals surface area contributed by atoms with Crippen molar-refractivity contribution in [2.45, 2.75) is 32.1 Å². The molecule has 0 spiro atoms. The first-order valence-corrected chi connectivity index (χ1v) is 4.50. The summed E-state index contributed by atoms with van der Waals surface area (Å²) in [4.78, 5) is 10.5. The Labute approximate surface area is 66.6 Å². The second-order valence-corrected chi connectivity index (χ2v) is 3.96. The van der Waals surface area contributed by atoms with E-state index in [4.69, 9.17) is 5.11 Å². The van der Waals surface area contributed by atoms with E-state index in [9.17, 15) is 4.79 Å². The Morgan fingerprint density at radius 1 is 1.18 bits per heavy atom. The van der Waals surface area contributed by atoms with Gasteiger partial charge >= 0.3 is 5.97 Å². The Kier molecular flexibility index (Phi) is 1.63. The highest BCUT2D eigenvalue weighted by Crippen LogP contribution is 2.46. The fraction of sp³-hybridized carbons (Fsp3) is 0.889. The molecule has 2 fully saturated rings. The fourth-order valence-corrected chi connectivity index (χ4v) is 2.16. The molecule has 2 rings (SSSR count).